The van der Waals surface area contributed by atoms with E-state index in [-0.39, 0.29) is 11.7 Å². The van der Waals surface area contributed by atoms with Gasteiger partial charge in [0.2, 0.25) is 5.88 Å². The smallest absolute Gasteiger partial charge is 0.237 e. The van der Waals surface area contributed by atoms with Crippen molar-refractivity contribution in [3.05, 3.63) is 41.3 Å². The predicted octanol–water partition coefficient (Wildman–Crippen LogP) is 1.52. The van der Waals surface area contributed by atoms with Crippen LogP contribution < -0.4 is 10.5 Å². The molecule has 1 atom stereocenters. The van der Waals surface area contributed by atoms with Gasteiger partial charge in [0.05, 0.1) is 13.2 Å². The van der Waals surface area contributed by atoms with Crippen molar-refractivity contribution in [2.45, 2.75) is 37.9 Å². The van der Waals surface area contributed by atoms with Crippen molar-refractivity contribution in [1.82, 2.24) is 19.9 Å². The van der Waals surface area contributed by atoms with Gasteiger partial charge in [0.1, 0.15) is 11.5 Å². The molecular weight excluding hydrogens is 309 g/mol. The number of rotatable bonds is 3. The summed E-state index contributed by atoms with van der Waals surface area (Å²) >= 11 is 0. The molecule has 0 amide bonds. The first-order chi connectivity index (χ1) is 11.7. The molecule has 3 heterocycles. The van der Waals surface area contributed by atoms with Gasteiger partial charge in [0.25, 0.3) is 0 Å². The number of nitrogens with two attached hydrogens (primary N) is 1. The second kappa shape index (κ2) is 6.49. The molecule has 6 nitrogen and oxygen atoms in total. The Labute approximate surface area is 140 Å². The average Bonchev–Trinajstić information content (AvgIpc) is 3.00. The van der Waals surface area contributed by atoms with E-state index in [1.54, 1.807) is 0 Å². The van der Waals surface area contributed by atoms with E-state index in [1.165, 1.54) is 12.1 Å². The highest BCUT2D eigenvalue weighted by molar-refractivity contribution is 5.25. The molecule has 1 aromatic heterocycles. The zero-order chi connectivity index (χ0) is 16.5. The normalized spacial score (nSPS) is 22.2. The lowest BCUT2D eigenvalue weighted by Crippen LogP contribution is -2.39. The molecule has 128 valence electrons. The van der Waals surface area contributed by atoms with Crippen LogP contribution in [0.5, 0.6) is 5.88 Å². The van der Waals surface area contributed by atoms with E-state index in [0.717, 1.165) is 49.6 Å². The third kappa shape index (κ3) is 3.14. The second-order valence-electron chi connectivity index (χ2n) is 6.70. The number of benzene rings is 1. The number of hydrogen-bond donors (Lipinski definition) is 1. The number of piperidine rings is 1. The molecule has 2 aromatic rings. The third-order valence-electron chi connectivity index (χ3n) is 4.92. The zero-order valence-corrected chi connectivity index (χ0v) is 13.6. The summed E-state index contributed by atoms with van der Waals surface area (Å²) in [4.78, 5) is 2.35. The van der Waals surface area contributed by atoms with Crippen LogP contribution in [0.3, 0.4) is 0 Å². The molecule has 0 unspecified atom stereocenters. The van der Waals surface area contributed by atoms with Crippen LogP contribution in [0.1, 0.15) is 30.0 Å². The molecule has 2 aliphatic rings. The lowest BCUT2D eigenvalue weighted by molar-refractivity contribution is 0.184. The number of hydrogen-bond acceptors (Lipinski definition) is 5. The van der Waals surface area contributed by atoms with Crippen LogP contribution in [0.2, 0.25) is 0 Å². The Bertz CT molecular complexity index is 694. The van der Waals surface area contributed by atoms with Crippen LogP contribution in [-0.2, 0) is 13.1 Å². The number of likely N-dealkylation sites (tertiary alicyclic amines) is 1. The minimum Gasteiger partial charge on any atom is -0.476 e. The molecule has 1 aromatic carbocycles. The lowest BCUT2D eigenvalue weighted by Gasteiger charge is -2.30. The Hall–Kier alpha value is -1.99. The van der Waals surface area contributed by atoms with Crippen molar-refractivity contribution in [3.63, 3.8) is 0 Å². The Morgan fingerprint density at radius 1 is 1.21 bits per heavy atom. The number of fused-ring (bicyclic) bond motifs is 1. The van der Waals surface area contributed by atoms with Gasteiger partial charge >= 0.3 is 0 Å². The molecule has 1 fully saturated rings. The van der Waals surface area contributed by atoms with Crippen molar-refractivity contribution >= 4 is 0 Å². The van der Waals surface area contributed by atoms with Gasteiger partial charge in [0, 0.05) is 31.6 Å². The molecule has 0 spiro atoms. The van der Waals surface area contributed by atoms with Gasteiger partial charge in [-0.15, -0.1) is 5.10 Å². The van der Waals surface area contributed by atoms with E-state index in [9.17, 15) is 4.39 Å². The Kier molecular flexibility index (Phi) is 4.20. The first-order valence-corrected chi connectivity index (χ1v) is 8.47. The maximum Gasteiger partial charge on any atom is 0.237 e. The van der Waals surface area contributed by atoms with Crippen LogP contribution in [0.4, 0.5) is 4.39 Å². The maximum absolute atomic E-state index is 13.1. The number of nitrogens with zero attached hydrogens (tertiary/aromatic N) is 4. The van der Waals surface area contributed by atoms with Crippen molar-refractivity contribution in [1.29, 1.82) is 0 Å². The van der Waals surface area contributed by atoms with E-state index in [1.807, 2.05) is 16.8 Å². The molecular formula is C17H22FN5O. The number of aromatic nitrogens is 3. The first kappa shape index (κ1) is 15.5. The molecule has 0 bridgehead atoms. The van der Waals surface area contributed by atoms with Crippen LogP contribution in [0.25, 0.3) is 0 Å². The van der Waals surface area contributed by atoms with Gasteiger partial charge in [-0.25, -0.2) is 9.07 Å². The topological polar surface area (TPSA) is 69.2 Å². The summed E-state index contributed by atoms with van der Waals surface area (Å²) in [6.07, 6.45) is 2.05. The lowest BCUT2D eigenvalue weighted by atomic mass is 9.99. The van der Waals surface area contributed by atoms with E-state index in [4.69, 9.17) is 10.5 Å². The van der Waals surface area contributed by atoms with Crippen LogP contribution in [0.15, 0.2) is 24.3 Å². The summed E-state index contributed by atoms with van der Waals surface area (Å²) in [6.45, 7) is 4.01. The Balaban J connectivity index is 1.44. The summed E-state index contributed by atoms with van der Waals surface area (Å²) in [5, 5.41) is 8.55. The molecule has 7 heteroatoms. The fourth-order valence-electron chi connectivity index (χ4n) is 3.42. The largest absolute Gasteiger partial charge is 0.476 e. The molecule has 2 aliphatic heterocycles. The molecule has 4 rings (SSSR count). The average molecular weight is 331 g/mol. The van der Waals surface area contributed by atoms with Crippen molar-refractivity contribution < 1.29 is 9.13 Å². The summed E-state index contributed by atoms with van der Waals surface area (Å²) < 4.78 is 20.8. The Morgan fingerprint density at radius 2 is 1.96 bits per heavy atom. The third-order valence-corrected chi connectivity index (χ3v) is 4.92. The summed E-state index contributed by atoms with van der Waals surface area (Å²) in [5.41, 5.74) is 7.91. The minimum absolute atomic E-state index is 0.167. The van der Waals surface area contributed by atoms with E-state index in [0.29, 0.717) is 19.2 Å². The van der Waals surface area contributed by atoms with Gasteiger partial charge in [-0.3, -0.25) is 4.90 Å². The second-order valence-corrected chi connectivity index (χ2v) is 6.70. The van der Waals surface area contributed by atoms with E-state index >= 15 is 0 Å². The number of halogens is 1. The van der Waals surface area contributed by atoms with Crippen LogP contribution in [0, 0.1) is 5.82 Å². The van der Waals surface area contributed by atoms with Gasteiger partial charge in [-0.1, -0.05) is 17.3 Å². The zero-order valence-electron chi connectivity index (χ0n) is 13.6. The van der Waals surface area contributed by atoms with E-state index in [2.05, 4.69) is 15.2 Å². The highest BCUT2D eigenvalue weighted by atomic mass is 19.1. The monoisotopic (exact) mass is 331 g/mol. The highest BCUT2D eigenvalue weighted by Crippen LogP contribution is 2.29. The summed E-state index contributed by atoms with van der Waals surface area (Å²) in [7, 11) is 0. The quantitative estimate of drug-likeness (QED) is 0.923. The highest BCUT2D eigenvalue weighted by Gasteiger charge is 2.27. The summed E-state index contributed by atoms with van der Waals surface area (Å²) in [5.74, 6) is 0.712. The molecule has 1 saturated heterocycles. The van der Waals surface area contributed by atoms with Crippen LogP contribution >= 0.6 is 0 Å². The molecule has 2 N–H and O–H groups in total. The molecule has 24 heavy (non-hydrogen) atoms. The standard InChI is InChI=1S/C17H22FN5O/c18-14-3-1-12(2-4-14)13-9-23-17(24-11-13)16(20-21-23)10-22-7-5-15(19)6-8-22/h1-4,13,15H,5-11,19H2/t13-/m1/s1. The van der Waals surface area contributed by atoms with Crippen molar-refractivity contribution in [2.24, 2.45) is 5.73 Å². The number of ether oxygens (including phenoxy) is 1. The molecule has 0 saturated carbocycles. The molecule has 0 aliphatic carbocycles. The van der Waals surface area contributed by atoms with Crippen molar-refractivity contribution in [2.75, 3.05) is 19.7 Å². The first-order valence-electron chi connectivity index (χ1n) is 8.47. The van der Waals surface area contributed by atoms with Gasteiger partial charge in [0.15, 0.2) is 0 Å². The maximum atomic E-state index is 13.1. The van der Waals surface area contributed by atoms with Crippen molar-refractivity contribution in [3.8, 4) is 5.88 Å². The SMILES string of the molecule is NC1CCN(Cc2nnn3c2OC[C@H](c2ccc(F)cc2)C3)CC1. The predicted molar refractivity (Wildman–Crippen MR) is 87.1 cm³/mol. The molecule has 0 radical (unpaired) electrons. The fourth-order valence-corrected chi connectivity index (χ4v) is 3.42. The summed E-state index contributed by atoms with van der Waals surface area (Å²) in [6, 6.07) is 6.91. The minimum atomic E-state index is -0.222. The van der Waals surface area contributed by atoms with E-state index < -0.39 is 0 Å². The van der Waals surface area contributed by atoms with Gasteiger partial charge < -0.3 is 10.5 Å². The van der Waals surface area contributed by atoms with Gasteiger partial charge in [-0.05, 0) is 30.5 Å². The van der Waals surface area contributed by atoms with Gasteiger partial charge in [-0.2, -0.15) is 0 Å². The fraction of sp³-hybridized carbons (Fsp3) is 0.529. The van der Waals surface area contributed by atoms with Crippen LogP contribution in [-0.4, -0.2) is 45.6 Å². The Morgan fingerprint density at radius 3 is 2.71 bits per heavy atom.